The Bertz CT molecular complexity index is 486. The number of hydrogen-bond acceptors (Lipinski definition) is 4. The van der Waals surface area contributed by atoms with E-state index in [1.807, 2.05) is 39.2 Å². The lowest BCUT2D eigenvalue weighted by atomic mass is 10.0. The van der Waals surface area contributed by atoms with Gasteiger partial charge in [-0.05, 0) is 38.7 Å². The molecule has 1 aromatic carbocycles. The fourth-order valence-electron chi connectivity index (χ4n) is 1.52. The molecule has 20 heavy (non-hydrogen) atoms. The molecule has 4 nitrogen and oxygen atoms in total. The summed E-state index contributed by atoms with van der Waals surface area (Å²) in [6, 6.07) is 7.18. The van der Waals surface area contributed by atoms with E-state index >= 15 is 0 Å². The van der Waals surface area contributed by atoms with Crippen LogP contribution in [-0.4, -0.2) is 30.3 Å². The van der Waals surface area contributed by atoms with E-state index in [0.29, 0.717) is 5.56 Å². The van der Waals surface area contributed by atoms with E-state index < -0.39 is 5.97 Å². The third kappa shape index (κ3) is 4.89. The number of nitrogens with one attached hydrogen (secondary N) is 1. The van der Waals surface area contributed by atoms with E-state index in [-0.39, 0.29) is 18.1 Å². The van der Waals surface area contributed by atoms with Crippen molar-refractivity contribution in [2.75, 3.05) is 12.9 Å². The van der Waals surface area contributed by atoms with Crippen LogP contribution in [0.2, 0.25) is 0 Å². The minimum atomic E-state index is -0.473. The zero-order valence-corrected chi connectivity index (χ0v) is 13.2. The predicted molar refractivity (Wildman–Crippen MR) is 81.0 cm³/mol. The van der Waals surface area contributed by atoms with Crippen LogP contribution >= 0.6 is 11.8 Å². The molecule has 5 heteroatoms. The Hall–Kier alpha value is -1.49. The first-order valence-electron chi connectivity index (χ1n) is 6.50. The normalized spacial score (nSPS) is 11.0. The molecule has 0 heterocycles. The van der Waals surface area contributed by atoms with E-state index in [9.17, 15) is 9.59 Å². The molecule has 0 bridgehead atoms. The Morgan fingerprint density at radius 2 is 1.95 bits per heavy atom. The van der Waals surface area contributed by atoms with Gasteiger partial charge in [-0.25, -0.2) is 4.79 Å². The van der Waals surface area contributed by atoms with Gasteiger partial charge in [-0.2, -0.15) is 0 Å². The summed E-state index contributed by atoms with van der Waals surface area (Å²) in [4.78, 5) is 24.5. The number of esters is 1. The molecule has 0 unspecified atom stereocenters. The van der Waals surface area contributed by atoms with Crippen molar-refractivity contribution in [1.29, 1.82) is 0 Å². The smallest absolute Gasteiger partial charge is 0.339 e. The molecule has 0 atom stereocenters. The van der Waals surface area contributed by atoms with Crippen molar-refractivity contribution >= 4 is 23.6 Å². The average molecular weight is 295 g/mol. The summed E-state index contributed by atoms with van der Waals surface area (Å²) in [5.74, 6) is -0.758. The maximum absolute atomic E-state index is 11.9. The van der Waals surface area contributed by atoms with Gasteiger partial charge in [-0.3, -0.25) is 4.79 Å². The standard InChI is InChI=1S/C15H21NO3S/c1-5-15(2,3)16-13(17)10-19-14(18)11-8-6-7-9-12(11)20-4/h6-9H,5,10H2,1-4H3,(H,16,17). The van der Waals surface area contributed by atoms with Crippen LogP contribution < -0.4 is 5.32 Å². The maximum atomic E-state index is 11.9. The Balaban J connectivity index is 2.57. The monoisotopic (exact) mass is 295 g/mol. The maximum Gasteiger partial charge on any atom is 0.339 e. The van der Waals surface area contributed by atoms with Gasteiger partial charge >= 0.3 is 5.97 Å². The van der Waals surface area contributed by atoms with Gasteiger partial charge in [-0.15, -0.1) is 11.8 Å². The van der Waals surface area contributed by atoms with Crippen LogP contribution in [0.15, 0.2) is 29.2 Å². The van der Waals surface area contributed by atoms with E-state index in [2.05, 4.69) is 5.32 Å². The Morgan fingerprint density at radius 3 is 2.55 bits per heavy atom. The van der Waals surface area contributed by atoms with Gasteiger partial charge in [0.15, 0.2) is 6.61 Å². The summed E-state index contributed by atoms with van der Waals surface area (Å²) in [7, 11) is 0. The fraction of sp³-hybridized carbons (Fsp3) is 0.467. The van der Waals surface area contributed by atoms with Gasteiger partial charge < -0.3 is 10.1 Å². The van der Waals surface area contributed by atoms with Crippen molar-refractivity contribution in [2.24, 2.45) is 0 Å². The molecule has 1 N–H and O–H groups in total. The SMILES string of the molecule is CCC(C)(C)NC(=O)COC(=O)c1ccccc1SC. The first-order chi connectivity index (χ1) is 9.39. The Morgan fingerprint density at radius 1 is 1.30 bits per heavy atom. The molecule has 0 saturated heterocycles. The molecule has 0 aromatic heterocycles. The number of rotatable bonds is 6. The quantitative estimate of drug-likeness (QED) is 0.647. The average Bonchev–Trinajstić information content (AvgIpc) is 2.44. The van der Waals surface area contributed by atoms with Crippen LogP contribution in [0.5, 0.6) is 0 Å². The summed E-state index contributed by atoms with van der Waals surface area (Å²) in [5, 5.41) is 2.82. The van der Waals surface area contributed by atoms with Gasteiger partial charge in [0.05, 0.1) is 5.56 Å². The number of carbonyl (C=O) groups excluding carboxylic acids is 2. The third-order valence-corrected chi connectivity index (χ3v) is 3.82. The highest BCUT2D eigenvalue weighted by atomic mass is 32.2. The lowest BCUT2D eigenvalue weighted by Gasteiger charge is -2.24. The van der Waals surface area contributed by atoms with Crippen molar-refractivity contribution in [2.45, 2.75) is 37.6 Å². The number of hydrogen-bond donors (Lipinski definition) is 1. The van der Waals surface area contributed by atoms with E-state index in [1.54, 1.807) is 12.1 Å². The van der Waals surface area contributed by atoms with Crippen molar-refractivity contribution in [3.8, 4) is 0 Å². The number of carbonyl (C=O) groups is 2. The lowest BCUT2D eigenvalue weighted by molar-refractivity contribution is -0.125. The Labute approximate surface area is 124 Å². The summed E-state index contributed by atoms with van der Waals surface area (Å²) in [5.41, 5.74) is 0.197. The molecule has 1 amide bonds. The zero-order valence-electron chi connectivity index (χ0n) is 12.4. The zero-order chi connectivity index (χ0) is 15.2. The molecule has 0 fully saturated rings. The summed E-state index contributed by atoms with van der Waals surface area (Å²) in [6.45, 7) is 5.58. The molecule has 0 aliphatic rings. The molecule has 0 radical (unpaired) electrons. The Kier molecular flexibility index (Phi) is 6.07. The summed E-state index contributed by atoms with van der Waals surface area (Å²) >= 11 is 1.47. The van der Waals surface area contributed by atoms with Crippen molar-refractivity contribution in [3.05, 3.63) is 29.8 Å². The second-order valence-electron chi connectivity index (χ2n) is 5.06. The van der Waals surface area contributed by atoms with Gasteiger partial charge in [0.25, 0.3) is 5.91 Å². The second-order valence-corrected chi connectivity index (χ2v) is 5.91. The molecule has 110 valence electrons. The minimum Gasteiger partial charge on any atom is -0.452 e. The lowest BCUT2D eigenvalue weighted by Crippen LogP contribution is -2.44. The fourth-order valence-corrected chi connectivity index (χ4v) is 2.11. The molecular weight excluding hydrogens is 274 g/mol. The summed E-state index contributed by atoms with van der Waals surface area (Å²) in [6.07, 6.45) is 2.70. The van der Waals surface area contributed by atoms with Crippen LogP contribution in [0, 0.1) is 0 Å². The van der Waals surface area contributed by atoms with Crippen LogP contribution in [0.25, 0.3) is 0 Å². The highest BCUT2D eigenvalue weighted by Gasteiger charge is 2.19. The van der Waals surface area contributed by atoms with Crippen LogP contribution in [-0.2, 0) is 9.53 Å². The third-order valence-electron chi connectivity index (χ3n) is 3.02. The predicted octanol–water partition coefficient (Wildman–Crippen LogP) is 2.87. The van der Waals surface area contributed by atoms with Gasteiger partial charge in [0, 0.05) is 10.4 Å². The number of amides is 1. The first-order valence-corrected chi connectivity index (χ1v) is 7.73. The van der Waals surface area contributed by atoms with E-state index in [1.165, 1.54) is 11.8 Å². The van der Waals surface area contributed by atoms with Crippen LogP contribution in [0.1, 0.15) is 37.6 Å². The van der Waals surface area contributed by atoms with Crippen molar-refractivity contribution in [1.82, 2.24) is 5.32 Å². The molecule has 1 rings (SSSR count). The topological polar surface area (TPSA) is 55.4 Å². The van der Waals surface area contributed by atoms with Crippen molar-refractivity contribution in [3.63, 3.8) is 0 Å². The molecule has 0 saturated carbocycles. The van der Waals surface area contributed by atoms with Crippen LogP contribution in [0.3, 0.4) is 0 Å². The largest absolute Gasteiger partial charge is 0.452 e. The minimum absolute atomic E-state index is 0.259. The number of thioether (sulfide) groups is 1. The summed E-state index contributed by atoms with van der Waals surface area (Å²) < 4.78 is 5.06. The van der Waals surface area contributed by atoms with E-state index in [4.69, 9.17) is 4.74 Å². The van der Waals surface area contributed by atoms with Gasteiger partial charge in [-0.1, -0.05) is 19.1 Å². The molecule has 0 aliphatic carbocycles. The highest BCUT2D eigenvalue weighted by Crippen LogP contribution is 2.20. The number of benzene rings is 1. The highest BCUT2D eigenvalue weighted by molar-refractivity contribution is 7.98. The molecule has 0 spiro atoms. The van der Waals surface area contributed by atoms with Crippen LogP contribution in [0.4, 0.5) is 0 Å². The second kappa shape index (κ2) is 7.33. The molecular formula is C15H21NO3S. The van der Waals surface area contributed by atoms with Gasteiger partial charge in [0.2, 0.25) is 0 Å². The van der Waals surface area contributed by atoms with Gasteiger partial charge in [0.1, 0.15) is 0 Å². The molecule has 1 aromatic rings. The number of ether oxygens (including phenoxy) is 1. The van der Waals surface area contributed by atoms with Crippen molar-refractivity contribution < 1.29 is 14.3 Å². The van der Waals surface area contributed by atoms with E-state index in [0.717, 1.165) is 11.3 Å². The molecule has 0 aliphatic heterocycles. The first kappa shape index (κ1) is 16.6.